The van der Waals surface area contributed by atoms with Crippen LogP contribution in [0.1, 0.15) is 38.5 Å². The van der Waals surface area contributed by atoms with Crippen molar-refractivity contribution < 1.29 is 23.1 Å². The van der Waals surface area contributed by atoms with Crippen molar-refractivity contribution in [3.05, 3.63) is 23.2 Å². The molecule has 0 saturated heterocycles. The average Bonchev–Trinajstić information content (AvgIpc) is 3.06. The summed E-state index contributed by atoms with van der Waals surface area (Å²) in [5.41, 5.74) is 4.73. The minimum absolute atomic E-state index is 0.134. The maximum absolute atomic E-state index is 13.0. The first-order valence-corrected chi connectivity index (χ1v) is 9.01. The second-order valence-corrected chi connectivity index (χ2v) is 7.41. The molecule has 3 rings (SSSR count). The molecule has 2 N–H and O–H groups in total. The number of hydrogen-bond acceptors (Lipinski definition) is 3. The van der Waals surface area contributed by atoms with E-state index in [0.717, 1.165) is 12.8 Å². The number of amides is 2. The third-order valence-electron chi connectivity index (χ3n) is 5.16. The summed E-state index contributed by atoms with van der Waals surface area (Å²) in [4.78, 5) is 25.8. The Morgan fingerprint density at radius 2 is 1.93 bits per heavy atom. The van der Waals surface area contributed by atoms with Gasteiger partial charge in [0.2, 0.25) is 5.91 Å². The summed E-state index contributed by atoms with van der Waals surface area (Å²) in [5.74, 6) is -1.76. The Bertz CT molecular complexity index is 808. The summed E-state index contributed by atoms with van der Waals surface area (Å²) in [6.07, 6.45) is 6.25. The van der Waals surface area contributed by atoms with Crippen molar-refractivity contribution in [3.63, 3.8) is 0 Å². The molecule has 0 aromatic heterocycles. The van der Waals surface area contributed by atoms with E-state index in [1.165, 1.54) is 23.1 Å². The molecule has 8 heteroatoms. The molecule has 0 aliphatic heterocycles. The number of hydrogen-bond donors (Lipinski definition) is 1. The lowest BCUT2D eigenvalue weighted by Crippen LogP contribution is -2.58. The van der Waals surface area contributed by atoms with Crippen LogP contribution in [0.15, 0.2) is 18.2 Å². The molecule has 0 unspecified atom stereocenters. The lowest BCUT2D eigenvalue weighted by Gasteiger charge is -2.38. The van der Waals surface area contributed by atoms with Gasteiger partial charge in [-0.1, -0.05) is 24.4 Å². The zero-order valence-corrected chi connectivity index (χ0v) is 15.3. The van der Waals surface area contributed by atoms with E-state index in [1.54, 1.807) is 0 Å². The zero-order chi connectivity index (χ0) is 19.8. The molecule has 0 heterocycles. The highest BCUT2D eigenvalue weighted by atomic mass is 35.5. The maximum Gasteiger partial charge on any atom is 0.303 e. The number of ether oxygens (including phenoxy) is 1. The van der Waals surface area contributed by atoms with Gasteiger partial charge in [-0.3, -0.25) is 14.5 Å². The third kappa shape index (κ3) is 3.59. The minimum atomic E-state index is -2.70. The molecular formula is C19H19ClF2N2O3. The summed E-state index contributed by atoms with van der Waals surface area (Å²) in [7, 11) is 0. The Balaban J connectivity index is 1.90. The van der Waals surface area contributed by atoms with Crippen molar-refractivity contribution >= 4 is 29.1 Å². The molecule has 1 aromatic rings. The number of carbonyl (C=O) groups is 2. The Kier molecular flexibility index (Phi) is 5.04. The summed E-state index contributed by atoms with van der Waals surface area (Å²) >= 11 is 6.23. The summed E-state index contributed by atoms with van der Waals surface area (Å²) in [6, 6.07) is 4.44. The van der Waals surface area contributed by atoms with E-state index in [1.807, 2.05) is 5.92 Å². The number of nitrogens with zero attached hydrogens (tertiary/aromatic N) is 1. The molecule has 2 aliphatic rings. The van der Waals surface area contributed by atoms with Crippen molar-refractivity contribution in [1.29, 1.82) is 0 Å². The molecular weight excluding hydrogens is 378 g/mol. The van der Waals surface area contributed by atoms with Crippen molar-refractivity contribution in [2.24, 2.45) is 5.73 Å². The van der Waals surface area contributed by atoms with Gasteiger partial charge in [0.15, 0.2) is 0 Å². The number of nitrogens with two attached hydrogens (primary N) is 1. The summed E-state index contributed by atoms with van der Waals surface area (Å²) < 4.78 is 31.4. The van der Waals surface area contributed by atoms with Crippen molar-refractivity contribution in [1.82, 2.24) is 0 Å². The number of halogens is 3. The fraction of sp³-hybridized carbons (Fsp3) is 0.474. The summed E-state index contributed by atoms with van der Waals surface area (Å²) in [5, 5.41) is 0.134. The molecule has 2 amide bonds. The highest BCUT2D eigenvalue weighted by Gasteiger charge is 2.48. The van der Waals surface area contributed by atoms with Crippen LogP contribution in [0.3, 0.4) is 0 Å². The van der Waals surface area contributed by atoms with Crippen LogP contribution in [0.25, 0.3) is 0 Å². The molecule has 2 aliphatic carbocycles. The number of primary amides is 1. The first kappa shape index (κ1) is 19.4. The van der Waals surface area contributed by atoms with Gasteiger partial charge in [-0.05, 0) is 37.0 Å². The monoisotopic (exact) mass is 396 g/mol. The minimum Gasteiger partial charge on any atom is -0.488 e. The molecule has 2 saturated carbocycles. The van der Waals surface area contributed by atoms with Crippen LogP contribution in [0.2, 0.25) is 5.02 Å². The first-order valence-electron chi connectivity index (χ1n) is 8.63. The number of benzene rings is 1. The van der Waals surface area contributed by atoms with Gasteiger partial charge in [0, 0.05) is 18.5 Å². The first-order chi connectivity index (χ1) is 12.7. The molecule has 5 nitrogen and oxygen atoms in total. The molecule has 0 spiro atoms. The van der Waals surface area contributed by atoms with Gasteiger partial charge < -0.3 is 10.5 Å². The van der Waals surface area contributed by atoms with Gasteiger partial charge in [0.1, 0.15) is 17.4 Å². The van der Waals surface area contributed by atoms with Gasteiger partial charge in [-0.25, -0.2) is 8.78 Å². The lowest BCUT2D eigenvalue weighted by molar-refractivity contribution is -0.134. The lowest BCUT2D eigenvalue weighted by atomic mass is 9.91. The predicted molar refractivity (Wildman–Crippen MR) is 96.8 cm³/mol. The molecule has 0 bridgehead atoms. The van der Waals surface area contributed by atoms with Crippen LogP contribution < -0.4 is 15.4 Å². The van der Waals surface area contributed by atoms with Gasteiger partial charge >= 0.3 is 5.91 Å². The van der Waals surface area contributed by atoms with E-state index in [9.17, 15) is 18.4 Å². The Morgan fingerprint density at radius 1 is 1.30 bits per heavy atom. The van der Waals surface area contributed by atoms with Crippen molar-refractivity contribution in [2.75, 3.05) is 4.90 Å². The van der Waals surface area contributed by atoms with Crippen molar-refractivity contribution in [3.8, 4) is 18.1 Å². The van der Waals surface area contributed by atoms with E-state index < -0.39 is 29.4 Å². The largest absolute Gasteiger partial charge is 0.488 e. The second-order valence-electron chi connectivity index (χ2n) is 7.01. The normalized spacial score (nSPS) is 20.4. The van der Waals surface area contributed by atoms with Gasteiger partial charge in [0.05, 0.1) is 5.02 Å². The third-order valence-corrected chi connectivity index (χ3v) is 5.46. The summed E-state index contributed by atoms with van der Waals surface area (Å²) in [6.45, 7) is 0. The van der Waals surface area contributed by atoms with E-state index in [0.29, 0.717) is 18.5 Å². The van der Waals surface area contributed by atoms with Crippen LogP contribution in [0, 0.1) is 12.3 Å². The predicted octanol–water partition coefficient (Wildman–Crippen LogP) is 3.28. The Hall–Kier alpha value is -2.33. The fourth-order valence-electron chi connectivity index (χ4n) is 3.76. The molecule has 0 radical (unpaired) electrons. The van der Waals surface area contributed by atoms with Gasteiger partial charge in [0.25, 0.3) is 5.92 Å². The van der Waals surface area contributed by atoms with Gasteiger partial charge in [-0.2, -0.15) is 0 Å². The molecule has 27 heavy (non-hydrogen) atoms. The average molecular weight is 397 g/mol. The molecule has 2 fully saturated rings. The number of anilines is 1. The van der Waals surface area contributed by atoms with Crippen LogP contribution in [0.4, 0.5) is 14.5 Å². The van der Waals surface area contributed by atoms with E-state index in [2.05, 4.69) is 0 Å². The highest BCUT2D eigenvalue weighted by Crippen LogP contribution is 2.43. The Morgan fingerprint density at radius 3 is 2.41 bits per heavy atom. The van der Waals surface area contributed by atoms with E-state index in [-0.39, 0.29) is 23.6 Å². The topological polar surface area (TPSA) is 72.6 Å². The smallest absolute Gasteiger partial charge is 0.303 e. The Labute approximate surface area is 160 Å². The van der Waals surface area contributed by atoms with Crippen LogP contribution in [-0.2, 0) is 9.59 Å². The molecule has 0 atom stereocenters. The highest BCUT2D eigenvalue weighted by molar-refractivity contribution is 6.32. The van der Waals surface area contributed by atoms with Crippen molar-refractivity contribution in [2.45, 2.75) is 56.1 Å². The number of carbonyl (C=O) groups excluding carboxylic acids is 2. The molecule has 144 valence electrons. The standard InChI is InChI=1S/C19H19ClF2N2O3/c1-2-16(25)24(18(17(23)26)7-3-4-8-18)12-5-6-15(14(20)9-12)27-13-10-19(21,22)11-13/h1,5-6,9,13H,3-4,7-8,10-11H2,(H2,23,26). The van der Waals surface area contributed by atoms with Crippen LogP contribution >= 0.6 is 11.6 Å². The molecule has 1 aromatic carbocycles. The number of terminal acetylenes is 1. The fourth-order valence-corrected chi connectivity index (χ4v) is 3.98. The van der Waals surface area contributed by atoms with E-state index >= 15 is 0 Å². The number of alkyl halides is 2. The SMILES string of the molecule is C#CC(=O)N(c1ccc(OC2CC(F)(F)C2)c(Cl)c1)C1(C(N)=O)CCCC1. The maximum atomic E-state index is 13.0. The van der Waals surface area contributed by atoms with E-state index in [4.69, 9.17) is 28.5 Å². The van der Waals surface area contributed by atoms with Gasteiger partial charge in [-0.15, -0.1) is 6.42 Å². The second kappa shape index (κ2) is 7.01. The zero-order valence-electron chi connectivity index (χ0n) is 14.5. The number of rotatable bonds is 5. The van der Waals surface area contributed by atoms with Crippen LogP contribution in [0.5, 0.6) is 5.75 Å². The van der Waals surface area contributed by atoms with Crippen LogP contribution in [-0.4, -0.2) is 29.4 Å². The quantitative estimate of drug-likeness (QED) is 0.776.